The summed E-state index contributed by atoms with van der Waals surface area (Å²) < 4.78 is 0. The first kappa shape index (κ1) is 21.9. The maximum Gasteiger partial charge on any atom is 0.292 e. The van der Waals surface area contributed by atoms with Gasteiger partial charge in [-0.1, -0.05) is 42.5 Å². The van der Waals surface area contributed by atoms with Crippen LogP contribution in [0, 0.1) is 24.0 Å². The average molecular weight is 435 g/mol. The number of nitrogens with one attached hydrogen (secondary N) is 1. The van der Waals surface area contributed by atoms with E-state index in [4.69, 9.17) is 18.0 Å². The average Bonchev–Trinajstić information content (AvgIpc) is 2.72. The minimum Gasteiger partial charge on any atom is -0.369 e. The first-order chi connectivity index (χ1) is 14.8. The van der Waals surface area contributed by atoms with Crippen molar-refractivity contribution in [2.24, 2.45) is 5.73 Å². The molecule has 158 valence electrons. The van der Waals surface area contributed by atoms with E-state index in [1.165, 1.54) is 6.07 Å². The third-order valence-corrected chi connectivity index (χ3v) is 5.24. The van der Waals surface area contributed by atoms with Gasteiger partial charge in [0.2, 0.25) is 5.91 Å². The van der Waals surface area contributed by atoms with Gasteiger partial charge in [-0.15, -0.1) is 0 Å². The van der Waals surface area contributed by atoms with Crippen molar-refractivity contribution < 1.29 is 9.72 Å². The Morgan fingerprint density at radius 1 is 1.03 bits per heavy atom. The fourth-order valence-corrected chi connectivity index (χ4v) is 3.61. The normalized spacial score (nSPS) is 10.4. The fraction of sp³-hybridized carbons (Fsp3) is 0.130. The Kier molecular flexibility index (Phi) is 6.61. The van der Waals surface area contributed by atoms with Crippen LogP contribution in [0.1, 0.15) is 16.7 Å². The van der Waals surface area contributed by atoms with Crippen LogP contribution in [0.4, 0.5) is 22.7 Å². The molecule has 3 rings (SSSR count). The largest absolute Gasteiger partial charge is 0.369 e. The topological polar surface area (TPSA) is 102 Å². The van der Waals surface area contributed by atoms with Gasteiger partial charge in [0.05, 0.1) is 22.7 Å². The van der Waals surface area contributed by atoms with Gasteiger partial charge in [-0.2, -0.15) is 0 Å². The minimum absolute atomic E-state index is 0.0334. The van der Waals surface area contributed by atoms with Gasteiger partial charge < -0.3 is 11.1 Å². The molecule has 0 fully saturated rings. The molecule has 0 saturated carbocycles. The molecule has 0 heterocycles. The lowest BCUT2D eigenvalue weighted by Crippen LogP contribution is -2.32. The number of carbonyl (C=O) groups is 1. The van der Waals surface area contributed by atoms with E-state index < -0.39 is 10.8 Å². The van der Waals surface area contributed by atoms with Crippen LogP contribution in [0.5, 0.6) is 0 Å². The maximum absolute atomic E-state index is 11.7. The lowest BCUT2D eigenvalue weighted by Gasteiger charge is -2.29. The summed E-state index contributed by atoms with van der Waals surface area (Å²) in [5, 5.41) is 14.7. The summed E-state index contributed by atoms with van der Waals surface area (Å²) in [7, 11) is 0. The fourth-order valence-electron chi connectivity index (χ4n) is 3.30. The number of hydrogen-bond donors (Lipinski definition) is 2. The van der Waals surface area contributed by atoms with E-state index in [-0.39, 0.29) is 22.9 Å². The van der Waals surface area contributed by atoms with Gasteiger partial charge in [0.25, 0.3) is 5.69 Å². The van der Waals surface area contributed by atoms with Crippen molar-refractivity contribution in [1.29, 1.82) is 0 Å². The zero-order valence-electron chi connectivity index (χ0n) is 17.2. The molecule has 0 radical (unpaired) electrons. The van der Waals surface area contributed by atoms with E-state index in [9.17, 15) is 14.9 Å². The summed E-state index contributed by atoms with van der Waals surface area (Å²) in [4.78, 5) is 24.4. The molecule has 3 N–H and O–H groups in total. The highest BCUT2D eigenvalue weighted by molar-refractivity contribution is 7.80. The Morgan fingerprint density at radius 2 is 1.68 bits per heavy atom. The third-order valence-electron chi connectivity index (χ3n) is 4.96. The molecule has 0 bridgehead atoms. The monoisotopic (exact) mass is 434 g/mol. The Morgan fingerprint density at radius 3 is 2.39 bits per heavy atom. The molecule has 0 unspecified atom stereocenters. The van der Waals surface area contributed by atoms with Crippen LogP contribution in [0.25, 0.3) is 0 Å². The summed E-state index contributed by atoms with van der Waals surface area (Å²) in [5.41, 5.74) is 9.87. The Balaban J connectivity index is 2.14. The number of rotatable bonds is 6. The van der Waals surface area contributed by atoms with E-state index >= 15 is 0 Å². The predicted molar refractivity (Wildman–Crippen MR) is 127 cm³/mol. The molecule has 0 aliphatic rings. The molecule has 8 heteroatoms. The summed E-state index contributed by atoms with van der Waals surface area (Å²) >= 11 is 5.72. The van der Waals surface area contributed by atoms with Crippen LogP contribution < -0.4 is 16.0 Å². The SMILES string of the molecule is Cc1cccc(N(C(=S)Nc2ccccc2[N+](=O)[O-])c2ccccc2CC(N)=O)c1C. The van der Waals surface area contributed by atoms with Gasteiger partial charge in [-0.3, -0.25) is 19.8 Å². The van der Waals surface area contributed by atoms with Gasteiger partial charge >= 0.3 is 0 Å². The number of hydrogen-bond acceptors (Lipinski definition) is 4. The van der Waals surface area contributed by atoms with Crippen LogP contribution >= 0.6 is 12.2 Å². The second kappa shape index (κ2) is 9.36. The Labute approximate surface area is 185 Å². The molecule has 3 aromatic rings. The number of aryl methyl sites for hydroxylation is 1. The highest BCUT2D eigenvalue weighted by Crippen LogP contribution is 2.34. The number of benzene rings is 3. The van der Waals surface area contributed by atoms with E-state index in [1.807, 2.05) is 56.3 Å². The van der Waals surface area contributed by atoms with Crippen molar-refractivity contribution in [3.63, 3.8) is 0 Å². The van der Waals surface area contributed by atoms with Gasteiger partial charge in [0, 0.05) is 6.07 Å². The number of thiocarbonyl (C=S) groups is 1. The number of carbonyl (C=O) groups excluding carboxylic acids is 1. The zero-order valence-corrected chi connectivity index (χ0v) is 18.0. The standard InChI is InChI=1S/C23H22N4O3S/c1-15-8-7-13-19(16(15)2)26(20-11-5-3-9-17(20)14-22(24)28)23(31)25-18-10-4-6-12-21(18)27(29)30/h3-13H,14H2,1-2H3,(H2,24,28)(H,25,31). The molecule has 0 aliphatic carbocycles. The van der Waals surface area contributed by atoms with Gasteiger partial charge in [-0.05, 0) is 61.0 Å². The molecule has 0 atom stereocenters. The number of nitro benzene ring substituents is 1. The number of amides is 1. The number of anilines is 3. The summed E-state index contributed by atoms with van der Waals surface area (Å²) in [5.74, 6) is -0.467. The quantitative estimate of drug-likeness (QED) is 0.329. The van der Waals surface area contributed by atoms with Crippen LogP contribution in [-0.2, 0) is 11.2 Å². The van der Waals surface area contributed by atoms with Gasteiger partial charge in [0.15, 0.2) is 5.11 Å². The molecule has 1 amide bonds. The van der Waals surface area contributed by atoms with Gasteiger partial charge in [0.1, 0.15) is 5.69 Å². The summed E-state index contributed by atoms with van der Waals surface area (Å²) in [6, 6.07) is 19.4. The molecule has 0 spiro atoms. The molecular formula is C23H22N4O3S. The van der Waals surface area contributed by atoms with Crippen LogP contribution in [0.3, 0.4) is 0 Å². The second-order valence-corrected chi connectivity index (χ2v) is 7.42. The smallest absolute Gasteiger partial charge is 0.292 e. The minimum atomic E-state index is -0.467. The first-order valence-corrected chi connectivity index (χ1v) is 9.97. The lowest BCUT2D eigenvalue weighted by molar-refractivity contribution is -0.383. The van der Waals surface area contributed by atoms with Crippen molar-refractivity contribution in [3.05, 3.63) is 93.5 Å². The number of primary amides is 1. The van der Waals surface area contributed by atoms with E-state index in [1.54, 1.807) is 23.1 Å². The molecule has 0 aliphatic heterocycles. The van der Waals surface area contributed by atoms with Crippen LogP contribution in [0.2, 0.25) is 0 Å². The Bertz CT molecular complexity index is 1160. The lowest BCUT2D eigenvalue weighted by atomic mass is 10.0. The first-order valence-electron chi connectivity index (χ1n) is 9.56. The maximum atomic E-state index is 11.7. The molecular weight excluding hydrogens is 412 g/mol. The van der Waals surface area contributed by atoms with Crippen LogP contribution in [-0.4, -0.2) is 15.9 Å². The summed E-state index contributed by atoms with van der Waals surface area (Å²) in [6.45, 7) is 3.97. The van der Waals surface area contributed by atoms with Crippen molar-refractivity contribution in [1.82, 2.24) is 0 Å². The number of nitro groups is 1. The van der Waals surface area contributed by atoms with E-state index in [0.717, 1.165) is 16.8 Å². The van der Waals surface area contributed by atoms with Crippen LogP contribution in [0.15, 0.2) is 66.7 Å². The molecule has 0 aromatic heterocycles. The second-order valence-electron chi connectivity index (χ2n) is 7.03. The molecule has 3 aromatic carbocycles. The summed E-state index contributed by atoms with van der Waals surface area (Å²) in [6.07, 6.45) is 0.0334. The van der Waals surface area contributed by atoms with Crippen molar-refractivity contribution in [2.75, 3.05) is 10.2 Å². The molecule has 31 heavy (non-hydrogen) atoms. The zero-order chi connectivity index (χ0) is 22.5. The Hall–Kier alpha value is -3.78. The predicted octanol–water partition coefficient (Wildman–Crippen LogP) is 4.77. The number of nitrogens with two attached hydrogens (primary N) is 1. The van der Waals surface area contributed by atoms with Crippen molar-refractivity contribution in [3.8, 4) is 0 Å². The molecule has 7 nitrogen and oxygen atoms in total. The number of nitrogens with zero attached hydrogens (tertiary/aromatic N) is 2. The van der Waals surface area contributed by atoms with Gasteiger partial charge in [-0.25, -0.2) is 0 Å². The molecule has 0 saturated heterocycles. The number of para-hydroxylation sites is 3. The third kappa shape index (κ3) is 4.87. The van der Waals surface area contributed by atoms with Crippen molar-refractivity contribution >= 4 is 46.0 Å². The van der Waals surface area contributed by atoms with Crippen molar-refractivity contribution in [2.45, 2.75) is 20.3 Å². The van der Waals surface area contributed by atoms with E-state index in [0.29, 0.717) is 11.3 Å². The van der Waals surface area contributed by atoms with E-state index in [2.05, 4.69) is 5.32 Å². The highest BCUT2D eigenvalue weighted by Gasteiger charge is 2.23. The highest BCUT2D eigenvalue weighted by atomic mass is 32.1.